The fourth-order valence-electron chi connectivity index (χ4n) is 3.25. The van der Waals surface area contributed by atoms with Gasteiger partial charge in [-0.3, -0.25) is 28.8 Å². The molecule has 2 amide bonds. The first-order chi connectivity index (χ1) is 14.9. The molecule has 31 heavy (non-hydrogen) atoms. The Morgan fingerprint density at radius 3 is 2.81 bits per heavy atom. The van der Waals surface area contributed by atoms with Crippen LogP contribution in [0.4, 0.5) is 17.2 Å². The number of anilines is 3. The molecule has 2 aromatic rings. The molecule has 0 atom stereocenters. The molecule has 0 saturated heterocycles. The van der Waals surface area contributed by atoms with Crippen LogP contribution in [0.1, 0.15) is 30.1 Å². The van der Waals surface area contributed by atoms with Crippen molar-refractivity contribution in [3.63, 3.8) is 0 Å². The highest BCUT2D eigenvalue weighted by Gasteiger charge is 2.26. The van der Waals surface area contributed by atoms with Gasteiger partial charge in [-0.05, 0) is 24.6 Å². The number of unbranched alkanes of at least 4 members (excludes halogenated alkanes) is 1. The molecule has 1 aliphatic rings. The first-order valence-electron chi connectivity index (χ1n) is 9.87. The molecule has 1 aromatic carbocycles. The van der Waals surface area contributed by atoms with E-state index in [4.69, 9.17) is 10.5 Å². The Hall–Kier alpha value is -3.05. The molecule has 10 nitrogen and oxygen atoms in total. The smallest absolute Gasteiger partial charge is 0.330 e. The number of carbonyl (C=O) groups excluding carboxylic acids is 2. The summed E-state index contributed by atoms with van der Waals surface area (Å²) in [5.74, 6) is -0.413. The fraction of sp³-hybridized carbons (Fsp3) is 0.400. The molecule has 0 aliphatic carbocycles. The van der Waals surface area contributed by atoms with Crippen LogP contribution < -0.4 is 27.2 Å². The summed E-state index contributed by atoms with van der Waals surface area (Å²) in [6.07, 6.45) is 1.51. The molecular weight excluding hydrogens is 422 g/mol. The van der Waals surface area contributed by atoms with Gasteiger partial charge in [0.05, 0.1) is 18.0 Å². The first kappa shape index (κ1) is 22.6. The molecule has 0 bridgehead atoms. The number of fused-ring (bicyclic) bond motifs is 1. The highest BCUT2D eigenvalue weighted by molar-refractivity contribution is 8.00. The van der Waals surface area contributed by atoms with Crippen LogP contribution in [0.5, 0.6) is 0 Å². The quantitative estimate of drug-likeness (QED) is 0.553. The monoisotopic (exact) mass is 447 g/mol. The maximum absolute atomic E-state index is 13.4. The number of amides is 2. The standard InChI is InChI=1S/C20H25N5O5S/c1-3-4-7-25-17(21)16(18(27)23-20(25)29)24(8-9-30-2)19(28)12-5-6-14-13(10-12)22-15(26)11-31-14/h5-6,10H,3-4,7-9,11,21H2,1-2H3,(H,22,26)(H,23,27,29). The summed E-state index contributed by atoms with van der Waals surface area (Å²) >= 11 is 1.38. The van der Waals surface area contributed by atoms with E-state index >= 15 is 0 Å². The van der Waals surface area contributed by atoms with E-state index < -0.39 is 17.2 Å². The van der Waals surface area contributed by atoms with Gasteiger partial charge in [-0.1, -0.05) is 13.3 Å². The number of hydrogen-bond donors (Lipinski definition) is 3. The highest BCUT2D eigenvalue weighted by Crippen LogP contribution is 2.32. The summed E-state index contributed by atoms with van der Waals surface area (Å²) in [6.45, 7) is 2.48. The largest absolute Gasteiger partial charge is 0.383 e. The van der Waals surface area contributed by atoms with E-state index in [9.17, 15) is 19.2 Å². The lowest BCUT2D eigenvalue weighted by molar-refractivity contribution is -0.113. The number of hydrogen-bond acceptors (Lipinski definition) is 7. The van der Waals surface area contributed by atoms with Gasteiger partial charge in [-0.2, -0.15) is 0 Å². The molecule has 3 rings (SSSR count). The molecule has 1 aromatic heterocycles. The number of benzene rings is 1. The van der Waals surface area contributed by atoms with Crippen molar-refractivity contribution in [2.75, 3.05) is 42.0 Å². The average molecular weight is 448 g/mol. The predicted molar refractivity (Wildman–Crippen MR) is 120 cm³/mol. The van der Waals surface area contributed by atoms with Crippen LogP contribution in [-0.4, -0.2) is 47.4 Å². The maximum atomic E-state index is 13.4. The molecule has 1 aliphatic heterocycles. The van der Waals surface area contributed by atoms with E-state index in [2.05, 4.69) is 10.3 Å². The second kappa shape index (κ2) is 9.84. The van der Waals surface area contributed by atoms with Crippen molar-refractivity contribution in [1.82, 2.24) is 9.55 Å². The van der Waals surface area contributed by atoms with Crippen LogP contribution in [0.25, 0.3) is 0 Å². The molecule has 0 radical (unpaired) electrons. The van der Waals surface area contributed by atoms with E-state index in [1.165, 1.54) is 28.3 Å². The van der Waals surface area contributed by atoms with Crippen LogP contribution in [-0.2, 0) is 16.1 Å². The van der Waals surface area contributed by atoms with Gasteiger partial charge in [0.15, 0.2) is 5.69 Å². The van der Waals surface area contributed by atoms with Gasteiger partial charge in [0, 0.05) is 30.7 Å². The van der Waals surface area contributed by atoms with Crippen LogP contribution in [0.3, 0.4) is 0 Å². The summed E-state index contributed by atoms with van der Waals surface area (Å²) in [4.78, 5) is 54.3. The number of H-pyrrole nitrogens is 1. The van der Waals surface area contributed by atoms with E-state index in [0.717, 1.165) is 11.3 Å². The number of aromatic nitrogens is 2. The lowest BCUT2D eigenvalue weighted by Crippen LogP contribution is -2.42. The number of thioether (sulfide) groups is 1. The number of carbonyl (C=O) groups is 2. The predicted octanol–water partition coefficient (Wildman–Crippen LogP) is 1.26. The Morgan fingerprint density at radius 1 is 1.32 bits per heavy atom. The average Bonchev–Trinajstić information content (AvgIpc) is 2.74. The number of nitrogen functional groups attached to an aromatic ring is 1. The fourth-order valence-corrected chi connectivity index (χ4v) is 4.03. The maximum Gasteiger partial charge on any atom is 0.330 e. The topological polar surface area (TPSA) is 140 Å². The van der Waals surface area contributed by atoms with E-state index in [1.54, 1.807) is 18.2 Å². The minimum atomic E-state index is -0.749. The zero-order valence-corrected chi connectivity index (χ0v) is 18.2. The molecule has 0 unspecified atom stereocenters. The van der Waals surface area contributed by atoms with Gasteiger partial charge < -0.3 is 15.8 Å². The van der Waals surface area contributed by atoms with Gasteiger partial charge in [0.1, 0.15) is 5.82 Å². The minimum Gasteiger partial charge on any atom is -0.383 e. The first-order valence-corrected chi connectivity index (χ1v) is 10.9. The van der Waals surface area contributed by atoms with Crippen molar-refractivity contribution in [1.29, 1.82) is 0 Å². The van der Waals surface area contributed by atoms with Crippen molar-refractivity contribution in [3.8, 4) is 0 Å². The van der Waals surface area contributed by atoms with E-state index in [1.807, 2.05) is 6.92 Å². The third-order valence-electron chi connectivity index (χ3n) is 4.84. The van der Waals surface area contributed by atoms with Gasteiger partial charge in [-0.25, -0.2) is 4.79 Å². The summed E-state index contributed by atoms with van der Waals surface area (Å²) in [6, 6.07) is 4.94. The van der Waals surface area contributed by atoms with Gasteiger partial charge in [0.25, 0.3) is 11.5 Å². The lowest BCUT2D eigenvalue weighted by atomic mass is 10.1. The van der Waals surface area contributed by atoms with Crippen molar-refractivity contribution in [2.45, 2.75) is 31.2 Å². The third-order valence-corrected chi connectivity index (χ3v) is 5.92. The van der Waals surface area contributed by atoms with Crippen LogP contribution >= 0.6 is 11.8 Å². The zero-order valence-electron chi connectivity index (χ0n) is 17.4. The summed E-state index contributed by atoms with van der Waals surface area (Å²) in [7, 11) is 1.48. The molecular formula is C20H25N5O5S. The Kier molecular flexibility index (Phi) is 7.18. The van der Waals surface area contributed by atoms with E-state index in [0.29, 0.717) is 24.4 Å². The van der Waals surface area contributed by atoms with Crippen LogP contribution in [0, 0.1) is 0 Å². The van der Waals surface area contributed by atoms with Crippen molar-refractivity contribution in [2.24, 2.45) is 0 Å². The Morgan fingerprint density at radius 2 is 2.10 bits per heavy atom. The minimum absolute atomic E-state index is 0.0484. The number of nitrogens with zero attached hydrogens (tertiary/aromatic N) is 2. The molecule has 166 valence electrons. The summed E-state index contributed by atoms with van der Waals surface area (Å²) < 4.78 is 6.37. The van der Waals surface area contributed by atoms with Crippen molar-refractivity contribution in [3.05, 3.63) is 44.6 Å². The summed E-state index contributed by atoms with van der Waals surface area (Å²) in [5.41, 5.74) is 5.52. The number of ether oxygens (including phenoxy) is 1. The third kappa shape index (κ3) is 4.83. The highest BCUT2D eigenvalue weighted by atomic mass is 32.2. The van der Waals surface area contributed by atoms with Gasteiger partial charge in [-0.15, -0.1) is 11.8 Å². The molecule has 0 spiro atoms. The Balaban J connectivity index is 2.06. The molecule has 11 heteroatoms. The van der Waals surface area contributed by atoms with Crippen molar-refractivity contribution < 1.29 is 14.3 Å². The van der Waals surface area contributed by atoms with Crippen molar-refractivity contribution >= 4 is 40.8 Å². The SMILES string of the molecule is CCCCn1c(N)c(N(CCOC)C(=O)c2ccc3c(c2)NC(=O)CS3)c(=O)[nH]c1=O. The van der Waals surface area contributed by atoms with Crippen LogP contribution in [0.2, 0.25) is 0 Å². The second-order valence-electron chi connectivity index (χ2n) is 7.00. The van der Waals surface area contributed by atoms with Gasteiger partial charge >= 0.3 is 5.69 Å². The lowest BCUT2D eigenvalue weighted by Gasteiger charge is -2.25. The Bertz CT molecular complexity index is 1110. The van der Waals surface area contributed by atoms with E-state index in [-0.39, 0.29) is 36.1 Å². The second-order valence-corrected chi connectivity index (χ2v) is 8.01. The Labute approximate surface area is 182 Å². The molecule has 4 N–H and O–H groups in total. The summed E-state index contributed by atoms with van der Waals surface area (Å²) in [5, 5.41) is 2.75. The number of rotatable bonds is 8. The molecule has 2 heterocycles. The number of methoxy groups -OCH3 is 1. The van der Waals surface area contributed by atoms with Crippen LogP contribution in [0.15, 0.2) is 32.7 Å². The zero-order chi connectivity index (χ0) is 22.5. The number of nitrogens with one attached hydrogen (secondary N) is 2. The molecule has 0 fully saturated rings. The molecule has 0 saturated carbocycles. The normalized spacial score (nSPS) is 12.9. The van der Waals surface area contributed by atoms with Gasteiger partial charge in [0.2, 0.25) is 5.91 Å². The number of aromatic amines is 1. The number of nitrogens with two attached hydrogens (primary N) is 1.